The fraction of sp³-hybridized carbons (Fsp3) is 0.667. The summed E-state index contributed by atoms with van der Waals surface area (Å²) in [6.45, 7) is 6.09. The molecule has 0 radical (unpaired) electrons. The van der Waals surface area contributed by atoms with E-state index in [9.17, 15) is 0 Å². The summed E-state index contributed by atoms with van der Waals surface area (Å²) in [6.07, 6.45) is 0. The number of hydrogen-bond acceptors (Lipinski definition) is 2. The summed E-state index contributed by atoms with van der Waals surface area (Å²) < 4.78 is 0. The lowest BCUT2D eigenvalue weighted by molar-refractivity contribution is 0.361. The standard InChI is InChI=1S/C6H11NS/c1-5-6(2)8-4-7(5)3/h5H,2,4H2,1,3H3/t5-/m1/s1. The Morgan fingerprint density at radius 1 is 1.88 bits per heavy atom. The van der Waals surface area contributed by atoms with E-state index in [2.05, 4.69) is 25.5 Å². The summed E-state index contributed by atoms with van der Waals surface area (Å²) in [7, 11) is 2.12. The Bertz CT molecular complexity index is 111. The molecule has 0 aromatic carbocycles. The first-order valence-electron chi connectivity index (χ1n) is 2.73. The van der Waals surface area contributed by atoms with Crippen molar-refractivity contribution in [1.82, 2.24) is 4.90 Å². The number of thioether (sulfide) groups is 1. The highest BCUT2D eigenvalue weighted by Gasteiger charge is 2.19. The fourth-order valence-electron chi connectivity index (χ4n) is 0.663. The summed E-state index contributed by atoms with van der Waals surface area (Å²) in [5, 5.41) is 0. The minimum atomic E-state index is 0.583. The molecule has 1 rings (SSSR count). The molecule has 0 amide bonds. The van der Waals surface area contributed by atoms with Gasteiger partial charge in [0, 0.05) is 11.9 Å². The smallest absolute Gasteiger partial charge is 0.0491 e. The van der Waals surface area contributed by atoms with Crippen LogP contribution in [-0.4, -0.2) is 23.9 Å². The maximum absolute atomic E-state index is 3.91. The van der Waals surface area contributed by atoms with Crippen LogP contribution in [-0.2, 0) is 0 Å². The first kappa shape index (κ1) is 6.17. The molecule has 0 aromatic heterocycles. The van der Waals surface area contributed by atoms with Crippen LogP contribution in [0.1, 0.15) is 6.92 Å². The molecule has 0 unspecified atom stereocenters. The van der Waals surface area contributed by atoms with Gasteiger partial charge in [-0.2, -0.15) is 0 Å². The maximum atomic E-state index is 3.91. The van der Waals surface area contributed by atoms with Gasteiger partial charge in [-0.1, -0.05) is 6.58 Å². The third kappa shape index (κ3) is 0.906. The van der Waals surface area contributed by atoms with Crippen LogP contribution in [0.4, 0.5) is 0 Å². The molecule has 0 aliphatic carbocycles. The van der Waals surface area contributed by atoms with Crippen molar-refractivity contribution in [1.29, 1.82) is 0 Å². The highest BCUT2D eigenvalue weighted by atomic mass is 32.2. The van der Waals surface area contributed by atoms with E-state index >= 15 is 0 Å². The van der Waals surface area contributed by atoms with Crippen molar-refractivity contribution in [3.63, 3.8) is 0 Å². The summed E-state index contributed by atoms with van der Waals surface area (Å²) in [6, 6.07) is 0.583. The van der Waals surface area contributed by atoms with Gasteiger partial charge in [0.15, 0.2) is 0 Å². The second-order valence-corrected chi connectivity index (χ2v) is 3.24. The van der Waals surface area contributed by atoms with Crippen LogP contribution in [0.5, 0.6) is 0 Å². The Kier molecular flexibility index (Phi) is 1.63. The normalized spacial score (nSPS) is 31.8. The summed E-state index contributed by atoms with van der Waals surface area (Å²) >= 11 is 1.84. The molecule has 2 heteroatoms. The molecule has 1 nitrogen and oxygen atoms in total. The molecular weight excluding hydrogens is 118 g/mol. The molecule has 0 spiro atoms. The second kappa shape index (κ2) is 2.11. The predicted molar refractivity (Wildman–Crippen MR) is 38.8 cm³/mol. The molecule has 1 fully saturated rings. The van der Waals surface area contributed by atoms with Gasteiger partial charge in [-0.3, -0.25) is 4.90 Å². The van der Waals surface area contributed by atoms with Gasteiger partial charge in [0.2, 0.25) is 0 Å². The van der Waals surface area contributed by atoms with E-state index in [1.807, 2.05) is 11.8 Å². The number of nitrogens with zero attached hydrogens (tertiary/aromatic N) is 1. The number of hydrogen-bond donors (Lipinski definition) is 0. The third-order valence-corrected chi connectivity index (χ3v) is 2.83. The Balaban J connectivity index is 2.56. The fourth-order valence-corrected chi connectivity index (χ4v) is 1.68. The average Bonchev–Trinajstić information content (AvgIpc) is 1.98. The minimum Gasteiger partial charge on any atom is -0.290 e. The SMILES string of the molecule is C=C1SCN(C)[C@@H]1C. The Hall–Kier alpha value is 0.0500. The molecule has 0 N–H and O–H groups in total. The molecule has 0 saturated carbocycles. The maximum Gasteiger partial charge on any atom is 0.0491 e. The predicted octanol–water partition coefficient (Wildman–Crippen LogP) is 1.52. The molecular formula is C6H11NS. The molecule has 1 saturated heterocycles. The van der Waals surface area contributed by atoms with E-state index in [4.69, 9.17) is 0 Å². The van der Waals surface area contributed by atoms with Crippen molar-refractivity contribution in [3.05, 3.63) is 11.5 Å². The van der Waals surface area contributed by atoms with Crippen molar-refractivity contribution >= 4 is 11.8 Å². The van der Waals surface area contributed by atoms with Crippen LogP contribution in [0, 0.1) is 0 Å². The van der Waals surface area contributed by atoms with Crippen molar-refractivity contribution < 1.29 is 0 Å². The minimum absolute atomic E-state index is 0.583. The van der Waals surface area contributed by atoms with Crippen LogP contribution in [0.25, 0.3) is 0 Å². The summed E-state index contributed by atoms with van der Waals surface area (Å²) in [4.78, 5) is 3.58. The van der Waals surface area contributed by atoms with Gasteiger partial charge in [-0.15, -0.1) is 11.8 Å². The highest BCUT2D eigenvalue weighted by Crippen LogP contribution is 2.28. The van der Waals surface area contributed by atoms with Crippen molar-refractivity contribution in [3.8, 4) is 0 Å². The van der Waals surface area contributed by atoms with E-state index in [0.717, 1.165) is 5.88 Å². The Labute approximate surface area is 54.8 Å². The van der Waals surface area contributed by atoms with Gasteiger partial charge in [-0.25, -0.2) is 0 Å². The third-order valence-electron chi connectivity index (χ3n) is 1.58. The van der Waals surface area contributed by atoms with Gasteiger partial charge >= 0.3 is 0 Å². The molecule has 1 heterocycles. The highest BCUT2D eigenvalue weighted by molar-refractivity contribution is 8.03. The molecule has 46 valence electrons. The zero-order valence-corrected chi connectivity index (χ0v) is 6.16. The average molecular weight is 129 g/mol. The van der Waals surface area contributed by atoms with Crippen molar-refractivity contribution in [2.75, 3.05) is 12.9 Å². The molecule has 1 atom stereocenters. The topological polar surface area (TPSA) is 3.24 Å². The van der Waals surface area contributed by atoms with Crippen LogP contribution in [0.15, 0.2) is 11.5 Å². The molecule has 0 aromatic rings. The first-order valence-corrected chi connectivity index (χ1v) is 3.72. The zero-order chi connectivity index (χ0) is 6.15. The first-order chi connectivity index (χ1) is 3.72. The van der Waals surface area contributed by atoms with Crippen molar-refractivity contribution in [2.24, 2.45) is 0 Å². The summed E-state index contributed by atoms with van der Waals surface area (Å²) in [5.74, 6) is 1.11. The lowest BCUT2D eigenvalue weighted by Gasteiger charge is -2.11. The number of likely N-dealkylation sites (N-methyl/N-ethyl adjacent to an activating group) is 1. The van der Waals surface area contributed by atoms with E-state index < -0.39 is 0 Å². The van der Waals surface area contributed by atoms with Gasteiger partial charge in [-0.05, 0) is 18.9 Å². The van der Waals surface area contributed by atoms with E-state index in [-0.39, 0.29) is 0 Å². The Morgan fingerprint density at radius 3 is 2.62 bits per heavy atom. The Morgan fingerprint density at radius 2 is 2.50 bits per heavy atom. The van der Waals surface area contributed by atoms with Crippen LogP contribution >= 0.6 is 11.8 Å². The molecule has 1 aliphatic rings. The largest absolute Gasteiger partial charge is 0.290 e. The van der Waals surface area contributed by atoms with Gasteiger partial charge in [0.05, 0.1) is 0 Å². The van der Waals surface area contributed by atoms with Crippen LogP contribution < -0.4 is 0 Å². The quantitative estimate of drug-likeness (QED) is 0.488. The molecule has 0 bridgehead atoms. The monoisotopic (exact) mass is 129 g/mol. The van der Waals surface area contributed by atoms with Crippen LogP contribution in [0.3, 0.4) is 0 Å². The summed E-state index contributed by atoms with van der Waals surface area (Å²) in [5.41, 5.74) is 0. The molecule has 8 heavy (non-hydrogen) atoms. The molecule has 1 aliphatic heterocycles. The zero-order valence-electron chi connectivity index (χ0n) is 5.35. The van der Waals surface area contributed by atoms with Gasteiger partial charge in [0.1, 0.15) is 0 Å². The lowest BCUT2D eigenvalue weighted by Crippen LogP contribution is -2.21. The van der Waals surface area contributed by atoms with E-state index in [0.29, 0.717) is 6.04 Å². The van der Waals surface area contributed by atoms with Crippen molar-refractivity contribution in [2.45, 2.75) is 13.0 Å². The lowest BCUT2D eigenvalue weighted by atomic mass is 10.3. The van der Waals surface area contributed by atoms with E-state index in [1.165, 1.54) is 4.91 Å². The van der Waals surface area contributed by atoms with E-state index in [1.54, 1.807) is 0 Å². The van der Waals surface area contributed by atoms with Gasteiger partial charge < -0.3 is 0 Å². The van der Waals surface area contributed by atoms with Crippen LogP contribution in [0.2, 0.25) is 0 Å². The second-order valence-electron chi connectivity index (χ2n) is 2.17. The van der Waals surface area contributed by atoms with Gasteiger partial charge in [0.25, 0.3) is 0 Å². The number of rotatable bonds is 0.